The molecule has 0 aliphatic rings. The second kappa shape index (κ2) is 10.00. The number of benzene rings is 2. The van der Waals surface area contributed by atoms with Crippen molar-refractivity contribution in [1.29, 1.82) is 5.26 Å². The summed E-state index contributed by atoms with van der Waals surface area (Å²) in [6, 6.07) is 17.4. The van der Waals surface area contributed by atoms with Crippen molar-refractivity contribution in [3.63, 3.8) is 0 Å². The highest BCUT2D eigenvalue weighted by molar-refractivity contribution is 5.96. The first-order chi connectivity index (χ1) is 14.2. The number of nitrogens with zero attached hydrogens (tertiary/aromatic N) is 2. The number of amides is 1. The monoisotopic (exact) mass is 389 g/mol. The topological polar surface area (TPSA) is 76.3 Å². The summed E-state index contributed by atoms with van der Waals surface area (Å²) >= 11 is 0. The first kappa shape index (κ1) is 20.0. The van der Waals surface area contributed by atoms with Crippen LogP contribution in [0.4, 0.5) is 0 Å². The van der Waals surface area contributed by atoms with Gasteiger partial charge < -0.3 is 19.4 Å². The molecule has 0 atom stereocenters. The number of aromatic nitrogens is 1. The maximum atomic E-state index is 12.1. The molecule has 0 bridgehead atoms. The third-order valence-electron chi connectivity index (χ3n) is 4.43. The number of fused-ring (bicyclic) bond motifs is 1. The molecule has 1 N–H and O–H groups in total. The van der Waals surface area contributed by atoms with Crippen LogP contribution in [0.15, 0.2) is 60.8 Å². The van der Waals surface area contributed by atoms with Gasteiger partial charge in [0.05, 0.1) is 26.1 Å². The zero-order chi connectivity index (χ0) is 20.5. The van der Waals surface area contributed by atoms with Crippen LogP contribution in [0, 0.1) is 11.3 Å². The molecule has 3 rings (SSSR count). The zero-order valence-electron chi connectivity index (χ0n) is 16.3. The van der Waals surface area contributed by atoms with E-state index < -0.39 is 0 Å². The Kier molecular flexibility index (Phi) is 6.90. The van der Waals surface area contributed by atoms with Gasteiger partial charge in [-0.2, -0.15) is 5.26 Å². The van der Waals surface area contributed by atoms with E-state index in [2.05, 4.69) is 11.4 Å². The summed E-state index contributed by atoms with van der Waals surface area (Å²) < 4.78 is 12.7. The second-order valence-corrected chi connectivity index (χ2v) is 6.35. The largest absolute Gasteiger partial charge is 0.497 e. The molecule has 0 unspecified atom stereocenters. The van der Waals surface area contributed by atoms with Crippen molar-refractivity contribution in [2.24, 2.45) is 0 Å². The van der Waals surface area contributed by atoms with Crippen molar-refractivity contribution in [1.82, 2.24) is 9.88 Å². The SMILES string of the molecule is COc1ccc(OCCNC(=O)/C=C/c2cn(CCC#N)c3ccccc23)cc1. The van der Waals surface area contributed by atoms with Gasteiger partial charge in [-0.25, -0.2) is 0 Å². The molecular formula is C23H23N3O3. The van der Waals surface area contributed by atoms with Gasteiger partial charge in [-0.3, -0.25) is 4.79 Å². The Balaban J connectivity index is 1.53. The third-order valence-corrected chi connectivity index (χ3v) is 4.43. The highest BCUT2D eigenvalue weighted by atomic mass is 16.5. The fourth-order valence-electron chi connectivity index (χ4n) is 3.00. The lowest BCUT2D eigenvalue weighted by Crippen LogP contribution is -2.26. The zero-order valence-corrected chi connectivity index (χ0v) is 16.3. The van der Waals surface area contributed by atoms with Gasteiger partial charge in [0.1, 0.15) is 18.1 Å². The minimum Gasteiger partial charge on any atom is -0.497 e. The van der Waals surface area contributed by atoms with Crippen LogP contribution in [0.2, 0.25) is 0 Å². The van der Waals surface area contributed by atoms with Crippen molar-refractivity contribution in [2.75, 3.05) is 20.3 Å². The maximum Gasteiger partial charge on any atom is 0.244 e. The fourth-order valence-corrected chi connectivity index (χ4v) is 3.00. The molecule has 0 radical (unpaired) electrons. The summed E-state index contributed by atoms with van der Waals surface area (Å²) in [5.41, 5.74) is 2.00. The van der Waals surface area contributed by atoms with Crippen LogP contribution in [0.5, 0.6) is 11.5 Å². The van der Waals surface area contributed by atoms with Crippen molar-refractivity contribution >= 4 is 22.9 Å². The Morgan fingerprint density at radius 2 is 1.93 bits per heavy atom. The predicted octanol–water partition coefficient (Wildman–Crippen LogP) is 3.77. The van der Waals surface area contributed by atoms with Crippen molar-refractivity contribution < 1.29 is 14.3 Å². The number of rotatable bonds is 9. The lowest BCUT2D eigenvalue weighted by molar-refractivity contribution is -0.116. The molecule has 0 spiro atoms. The Labute approximate surface area is 170 Å². The van der Waals surface area contributed by atoms with Gasteiger partial charge in [0.2, 0.25) is 5.91 Å². The number of ether oxygens (including phenoxy) is 2. The van der Waals surface area contributed by atoms with Crippen LogP contribution in [-0.2, 0) is 11.3 Å². The van der Waals surface area contributed by atoms with Gasteiger partial charge in [-0.1, -0.05) is 18.2 Å². The number of aryl methyl sites for hydroxylation is 1. The molecule has 3 aromatic rings. The Bertz CT molecular complexity index is 1030. The van der Waals surface area contributed by atoms with E-state index in [1.807, 2.05) is 59.3 Å². The highest BCUT2D eigenvalue weighted by Gasteiger charge is 2.06. The summed E-state index contributed by atoms with van der Waals surface area (Å²) in [6.07, 6.45) is 5.73. The van der Waals surface area contributed by atoms with Crippen LogP contribution >= 0.6 is 0 Å². The van der Waals surface area contributed by atoms with E-state index in [1.54, 1.807) is 13.2 Å². The van der Waals surface area contributed by atoms with E-state index >= 15 is 0 Å². The number of para-hydroxylation sites is 1. The molecule has 0 aliphatic heterocycles. The van der Waals surface area contributed by atoms with E-state index in [4.69, 9.17) is 14.7 Å². The molecule has 148 valence electrons. The van der Waals surface area contributed by atoms with Crippen LogP contribution in [0.1, 0.15) is 12.0 Å². The van der Waals surface area contributed by atoms with Crippen LogP contribution < -0.4 is 14.8 Å². The van der Waals surface area contributed by atoms with Crippen LogP contribution in [0.3, 0.4) is 0 Å². The summed E-state index contributed by atoms with van der Waals surface area (Å²) in [4.78, 5) is 12.1. The first-order valence-electron chi connectivity index (χ1n) is 9.39. The quantitative estimate of drug-likeness (QED) is 0.446. The van der Waals surface area contributed by atoms with Gasteiger partial charge in [-0.05, 0) is 36.4 Å². The molecule has 1 aromatic heterocycles. The molecule has 6 heteroatoms. The molecular weight excluding hydrogens is 366 g/mol. The van der Waals surface area contributed by atoms with Crippen LogP contribution in [-0.4, -0.2) is 30.7 Å². The summed E-state index contributed by atoms with van der Waals surface area (Å²) in [5.74, 6) is 1.31. The minimum atomic E-state index is -0.183. The van der Waals surface area contributed by atoms with E-state index in [1.165, 1.54) is 6.08 Å². The molecule has 0 saturated heterocycles. The predicted molar refractivity (Wildman–Crippen MR) is 113 cm³/mol. The molecule has 0 aliphatic carbocycles. The molecule has 6 nitrogen and oxygen atoms in total. The average Bonchev–Trinajstić information content (AvgIpc) is 3.12. The van der Waals surface area contributed by atoms with Crippen molar-refractivity contribution in [3.8, 4) is 17.6 Å². The number of hydrogen-bond donors (Lipinski definition) is 1. The summed E-state index contributed by atoms with van der Waals surface area (Å²) in [7, 11) is 1.61. The fraction of sp³-hybridized carbons (Fsp3) is 0.217. The van der Waals surface area contributed by atoms with E-state index in [-0.39, 0.29) is 5.91 Å². The smallest absolute Gasteiger partial charge is 0.244 e. The van der Waals surface area contributed by atoms with Gasteiger partial charge >= 0.3 is 0 Å². The summed E-state index contributed by atoms with van der Waals surface area (Å²) in [6.45, 7) is 1.40. The minimum absolute atomic E-state index is 0.183. The van der Waals surface area contributed by atoms with Crippen molar-refractivity contribution in [2.45, 2.75) is 13.0 Å². The average molecular weight is 389 g/mol. The number of methoxy groups -OCH3 is 1. The number of nitrogens with one attached hydrogen (secondary N) is 1. The lowest BCUT2D eigenvalue weighted by Gasteiger charge is -2.07. The third kappa shape index (κ3) is 5.39. The number of carbonyl (C=O) groups excluding carboxylic acids is 1. The lowest BCUT2D eigenvalue weighted by atomic mass is 10.1. The normalized spacial score (nSPS) is 10.8. The van der Waals surface area contributed by atoms with Crippen molar-refractivity contribution in [3.05, 3.63) is 66.4 Å². The molecule has 0 fully saturated rings. The van der Waals surface area contributed by atoms with E-state index in [0.717, 1.165) is 28.0 Å². The molecule has 29 heavy (non-hydrogen) atoms. The Hall–Kier alpha value is -3.72. The Morgan fingerprint density at radius 3 is 2.69 bits per heavy atom. The summed E-state index contributed by atoms with van der Waals surface area (Å²) in [5, 5.41) is 12.7. The van der Waals surface area contributed by atoms with Gasteiger partial charge in [-0.15, -0.1) is 0 Å². The number of nitriles is 1. The Morgan fingerprint density at radius 1 is 1.17 bits per heavy atom. The first-order valence-corrected chi connectivity index (χ1v) is 9.39. The number of carbonyl (C=O) groups is 1. The van der Waals surface area contributed by atoms with E-state index in [0.29, 0.717) is 26.1 Å². The van der Waals surface area contributed by atoms with Gasteiger partial charge in [0, 0.05) is 35.3 Å². The molecule has 1 amide bonds. The van der Waals surface area contributed by atoms with Gasteiger partial charge in [0.25, 0.3) is 0 Å². The highest BCUT2D eigenvalue weighted by Crippen LogP contribution is 2.22. The van der Waals surface area contributed by atoms with E-state index in [9.17, 15) is 4.79 Å². The maximum absolute atomic E-state index is 12.1. The second-order valence-electron chi connectivity index (χ2n) is 6.35. The molecule has 0 saturated carbocycles. The van der Waals surface area contributed by atoms with Gasteiger partial charge in [0.15, 0.2) is 0 Å². The van der Waals surface area contributed by atoms with Crippen LogP contribution in [0.25, 0.3) is 17.0 Å². The molecule has 2 aromatic carbocycles. The standard InChI is InChI=1S/C23H23N3O3/c1-28-19-8-10-20(11-9-19)29-16-14-25-23(27)12-7-18-17-26(15-4-13-24)22-6-3-2-5-21(18)22/h2-3,5-12,17H,4,14-16H2,1H3,(H,25,27)/b12-7+. The molecule has 1 heterocycles. The number of hydrogen-bond acceptors (Lipinski definition) is 4.